The van der Waals surface area contributed by atoms with Gasteiger partial charge in [0, 0.05) is 29.1 Å². The van der Waals surface area contributed by atoms with E-state index < -0.39 is 0 Å². The molecule has 0 fully saturated rings. The number of carbonyl (C=O) groups is 1. The number of carbonyl (C=O) groups excluding carboxylic acids is 1. The molecule has 0 aliphatic rings. The highest BCUT2D eigenvalue weighted by atomic mass is 79.9. The van der Waals surface area contributed by atoms with Gasteiger partial charge in [0.05, 0.1) is 0 Å². The van der Waals surface area contributed by atoms with Gasteiger partial charge in [0.2, 0.25) is 11.9 Å². The molecule has 0 saturated carbocycles. The van der Waals surface area contributed by atoms with E-state index in [4.69, 9.17) is 11.6 Å². The van der Waals surface area contributed by atoms with Crippen molar-refractivity contribution in [3.05, 3.63) is 34.9 Å². The summed E-state index contributed by atoms with van der Waals surface area (Å²) >= 11 is 10.9. The molecule has 0 aliphatic heterocycles. The Balaban J connectivity index is 2.07. The largest absolute Gasteiger partial charge is 0.295 e. The smallest absolute Gasteiger partial charge is 0.231 e. The second-order valence-electron chi connectivity index (χ2n) is 4.42. The molecule has 0 unspecified atom stereocenters. The zero-order valence-corrected chi connectivity index (χ0v) is 15.2. The summed E-state index contributed by atoms with van der Waals surface area (Å²) in [5.41, 5.74) is 1.05. The molecule has 2 rings (SSSR count). The third-order valence-corrected chi connectivity index (χ3v) is 4.70. The van der Waals surface area contributed by atoms with Crippen LogP contribution in [0.25, 0.3) is 0 Å². The predicted octanol–water partition coefficient (Wildman–Crippen LogP) is 3.97. The summed E-state index contributed by atoms with van der Waals surface area (Å²) in [5.74, 6) is 1.10. The molecule has 1 heterocycles. The van der Waals surface area contributed by atoms with Gasteiger partial charge in [0.15, 0.2) is 5.16 Å². The number of benzene rings is 1. The summed E-state index contributed by atoms with van der Waals surface area (Å²) in [5, 5.41) is 13.1. The monoisotopic (exact) mass is 402 g/mol. The number of hydrogen-bond donors (Lipinski definition) is 1. The number of amides is 1. The topological polar surface area (TPSA) is 59.8 Å². The van der Waals surface area contributed by atoms with Crippen LogP contribution >= 0.6 is 39.3 Å². The van der Waals surface area contributed by atoms with Crippen LogP contribution in [0.1, 0.15) is 18.9 Å². The molecular formula is C14H16BrClN4OS. The van der Waals surface area contributed by atoms with Crippen LogP contribution in [-0.4, -0.2) is 26.0 Å². The third kappa shape index (κ3) is 4.47. The van der Waals surface area contributed by atoms with Gasteiger partial charge < -0.3 is 0 Å². The minimum absolute atomic E-state index is 0.0818. The Morgan fingerprint density at radius 1 is 1.41 bits per heavy atom. The molecule has 0 radical (unpaired) electrons. The number of halogens is 2. The molecule has 1 amide bonds. The fourth-order valence-corrected chi connectivity index (χ4v) is 3.45. The minimum atomic E-state index is -0.0818. The van der Waals surface area contributed by atoms with Crippen LogP contribution in [0.4, 0.5) is 5.95 Å². The Hall–Kier alpha value is -1.05. The van der Waals surface area contributed by atoms with Gasteiger partial charge >= 0.3 is 0 Å². The van der Waals surface area contributed by atoms with Gasteiger partial charge in [-0.3, -0.25) is 14.7 Å². The van der Waals surface area contributed by atoms with E-state index in [-0.39, 0.29) is 5.91 Å². The second kappa shape index (κ2) is 8.55. The van der Waals surface area contributed by atoms with Crippen molar-refractivity contribution in [2.45, 2.75) is 30.8 Å². The number of nitrogens with zero attached hydrogens (tertiary/aromatic N) is 3. The van der Waals surface area contributed by atoms with Crippen molar-refractivity contribution in [2.24, 2.45) is 0 Å². The van der Waals surface area contributed by atoms with Crippen molar-refractivity contribution < 1.29 is 4.79 Å². The average molecular weight is 404 g/mol. The highest BCUT2D eigenvalue weighted by Gasteiger charge is 2.14. The van der Waals surface area contributed by atoms with E-state index in [1.165, 1.54) is 0 Å². The van der Waals surface area contributed by atoms with Crippen LogP contribution in [0, 0.1) is 0 Å². The van der Waals surface area contributed by atoms with Crippen LogP contribution < -0.4 is 5.32 Å². The van der Waals surface area contributed by atoms with Gasteiger partial charge in [0.1, 0.15) is 0 Å². The Labute approximate surface area is 147 Å². The van der Waals surface area contributed by atoms with Crippen LogP contribution in [-0.2, 0) is 17.1 Å². The van der Waals surface area contributed by atoms with Crippen molar-refractivity contribution in [1.29, 1.82) is 0 Å². The van der Waals surface area contributed by atoms with E-state index in [1.807, 2.05) is 35.8 Å². The third-order valence-electron chi connectivity index (χ3n) is 2.92. The fraction of sp³-hybridized carbons (Fsp3) is 0.357. The first-order valence-corrected chi connectivity index (χ1v) is 9.29. The number of thioether (sulfide) groups is 1. The Morgan fingerprint density at radius 3 is 2.86 bits per heavy atom. The lowest BCUT2D eigenvalue weighted by atomic mass is 10.2. The maximum atomic E-state index is 11.7. The van der Waals surface area contributed by atoms with Crippen LogP contribution in [0.15, 0.2) is 29.4 Å². The molecule has 118 valence electrons. The van der Waals surface area contributed by atoms with Gasteiger partial charge in [-0.25, -0.2) is 0 Å². The zero-order chi connectivity index (χ0) is 15.9. The normalized spacial score (nSPS) is 10.7. The Kier molecular flexibility index (Phi) is 6.72. The molecular weight excluding hydrogens is 388 g/mol. The number of anilines is 1. The summed E-state index contributed by atoms with van der Waals surface area (Å²) in [4.78, 5) is 11.7. The molecule has 1 N–H and O–H groups in total. The number of nitrogens with one attached hydrogen (secondary N) is 1. The molecule has 8 heteroatoms. The van der Waals surface area contributed by atoms with Crippen molar-refractivity contribution in [3.63, 3.8) is 0 Å². The quantitative estimate of drug-likeness (QED) is 0.561. The fourth-order valence-electron chi connectivity index (χ4n) is 1.80. The van der Waals surface area contributed by atoms with E-state index in [1.54, 1.807) is 11.8 Å². The van der Waals surface area contributed by atoms with E-state index in [9.17, 15) is 4.79 Å². The minimum Gasteiger partial charge on any atom is -0.295 e. The lowest BCUT2D eigenvalue weighted by Gasteiger charge is -2.08. The summed E-state index contributed by atoms with van der Waals surface area (Å²) in [6, 6.07) is 7.72. The van der Waals surface area contributed by atoms with Gasteiger partial charge in [-0.1, -0.05) is 57.5 Å². The summed E-state index contributed by atoms with van der Waals surface area (Å²) in [6.45, 7) is 2.67. The van der Waals surface area contributed by atoms with Gasteiger partial charge in [0.25, 0.3) is 0 Å². The standard InChI is InChI=1S/C14H16BrClN4OS/c1-2-20-13(17-12(21)7-8-15)18-19-14(20)22-9-10-5-3-4-6-11(10)16/h3-6H,2,7-9H2,1H3,(H,17,18,21). The van der Waals surface area contributed by atoms with E-state index in [0.29, 0.717) is 30.0 Å². The number of hydrogen-bond acceptors (Lipinski definition) is 4. The van der Waals surface area contributed by atoms with Crippen molar-refractivity contribution in [3.8, 4) is 0 Å². The highest BCUT2D eigenvalue weighted by molar-refractivity contribution is 9.09. The first-order valence-electron chi connectivity index (χ1n) is 6.81. The van der Waals surface area contributed by atoms with E-state index >= 15 is 0 Å². The molecule has 0 spiro atoms. The van der Waals surface area contributed by atoms with E-state index in [2.05, 4.69) is 31.4 Å². The maximum Gasteiger partial charge on any atom is 0.231 e. The molecule has 0 atom stereocenters. The maximum absolute atomic E-state index is 11.7. The first kappa shape index (κ1) is 17.3. The molecule has 1 aromatic carbocycles. The highest BCUT2D eigenvalue weighted by Crippen LogP contribution is 2.26. The molecule has 0 saturated heterocycles. The van der Waals surface area contributed by atoms with Crippen molar-refractivity contribution >= 4 is 51.1 Å². The average Bonchev–Trinajstić information content (AvgIpc) is 2.88. The number of rotatable bonds is 7. The first-order chi connectivity index (χ1) is 10.7. The summed E-state index contributed by atoms with van der Waals surface area (Å²) in [7, 11) is 0. The van der Waals surface area contributed by atoms with Gasteiger partial charge in [-0.05, 0) is 18.6 Å². The molecule has 0 aliphatic carbocycles. The van der Waals surface area contributed by atoms with Crippen LogP contribution in [0.2, 0.25) is 5.02 Å². The van der Waals surface area contributed by atoms with E-state index in [0.717, 1.165) is 15.7 Å². The Bertz CT molecular complexity index is 650. The summed E-state index contributed by atoms with van der Waals surface area (Å²) < 4.78 is 1.88. The lowest BCUT2D eigenvalue weighted by Crippen LogP contribution is -2.15. The molecule has 22 heavy (non-hydrogen) atoms. The molecule has 1 aromatic heterocycles. The Morgan fingerprint density at radius 2 is 2.18 bits per heavy atom. The number of alkyl halides is 1. The van der Waals surface area contributed by atoms with Crippen molar-refractivity contribution in [2.75, 3.05) is 10.6 Å². The van der Waals surface area contributed by atoms with Crippen LogP contribution in [0.3, 0.4) is 0 Å². The molecule has 5 nitrogen and oxygen atoms in total. The van der Waals surface area contributed by atoms with Gasteiger partial charge in [-0.2, -0.15) is 0 Å². The van der Waals surface area contributed by atoms with Crippen molar-refractivity contribution in [1.82, 2.24) is 14.8 Å². The summed E-state index contributed by atoms with van der Waals surface area (Å²) in [6.07, 6.45) is 0.401. The molecule has 0 bridgehead atoms. The number of aromatic nitrogens is 3. The SMILES string of the molecule is CCn1c(NC(=O)CCBr)nnc1SCc1ccccc1Cl. The lowest BCUT2D eigenvalue weighted by molar-refractivity contribution is -0.115. The van der Waals surface area contributed by atoms with Crippen LogP contribution in [0.5, 0.6) is 0 Å². The molecule has 2 aromatic rings. The van der Waals surface area contributed by atoms with Gasteiger partial charge in [-0.15, -0.1) is 10.2 Å². The second-order valence-corrected chi connectivity index (χ2v) is 6.56. The zero-order valence-electron chi connectivity index (χ0n) is 12.1. The predicted molar refractivity (Wildman–Crippen MR) is 93.7 cm³/mol.